The Morgan fingerprint density at radius 1 is 1.20 bits per heavy atom. The average Bonchev–Trinajstić information content (AvgIpc) is 2.85. The van der Waals surface area contributed by atoms with Crippen LogP contribution in [-0.2, 0) is 9.47 Å². The number of rotatable bonds is 1. The highest BCUT2D eigenvalue weighted by molar-refractivity contribution is 5.44. The van der Waals surface area contributed by atoms with Crippen molar-refractivity contribution >= 4 is 0 Å². The van der Waals surface area contributed by atoms with E-state index in [0.717, 1.165) is 32.8 Å². The number of hydrogen-bond donors (Lipinski definition) is 1. The smallest absolute Gasteiger partial charge is 0.126 e. The molecule has 5 heteroatoms. The van der Waals surface area contributed by atoms with Crippen LogP contribution in [0.3, 0.4) is 0 Å². The Hall–Kier alpha value is -1.14. The maximum absolute atomic E-state index is 6.08. The van der Waals surface area contributed by atoms with Crippen molar-refractivity contribution in [2.45, 2.75) is 18.2 Å². The number of fused-ring (bicyclic) bond motifs is 2. The molecule has 0 aromatic rings. The van der Waals surface area contributed by atoms with Crippen LogP contribution in [-0.4, -0.2) is 68.1 Å². The molecule has 0 radical (unpaired) electrons. The molecule has 3 unspecified atom stereocenters. The summed E-state index contributed by atoms with van der Waals surface area (Å²) in [7, 11) is 2.15. The zero-order valence-electron chi connectivity index (χ0n) is 11.8. The average molecular weight is 275 g/mol. The monoisotopic (exact) mass is 275 g/mol. The summed E-state index contributed by atoms with van der Waals surface area (Å²) in [6.45, 7) is 4.37. The van der Waals surface area contributed by atoms with Crippen LogP contribution in [0.1, 0.15) is 0 Å². The van der Waals surface area contributed by atoms with E-state index in [9.17, 15) is 0 Å². The second kappa shape index (κ2) is 5.00. The summed E-state index contributed by atoms with van der Waals surface area (Å²) in [5, 5.41) is 2.26. The Morgan fingerprint density at radius 2 is 2.10 bits per heavy atom. The standard InChI is InChI=1S/C15H21N3O2/c1-17-6-8-19-13(10-17)15-14-11-4-2-3-5-12(11)16-18(14)7-9-20-15/h2-5,12-13,15-16H,6-10H2,1H3. The van der Waals surface area contributed by atoms with E-state index < -0.39 is 0 Å². The summed E-state index contributed by atoms with van der Waals surface area (Å²) in [5.41, 5.74) is 6.14. The number of hydrogen-bond acceptors (Lipinski definition) is 5. The lowest BCUT2D eigenvalue weighted by atomic mass is 9.96. The van der Waals surface area contributed by atoms with Gasteiger partial charge in [0.1, 0.15) is 12.2 Å². The molecule has 3 aliphatic heterocycles. The van der Waals surface area contributed by atoms with Gasteiger partial charge in [-0.15, -0.1) is 0 Å². The second-order valence-electron chi connectivity index (χ2n) is 5.81. The molecule has 0 aromatic carbocycles. The normalized spacial score (nSPS) is 37.2. The van der Waals surface area contributed by atoms with Gasteiger partial charge in [-0.3, -0.25) is 0 Å². The zero-order valence-corrected chi connectivity index (χ0v) is 11.8. The lowest BCUT2D eigenvalue weighted by molar-refractivity contribution is -0.119. The van der Waals surface area contributed by atoms with Gasteiger partial charge in [0.15, 0.2) is 0 Å². The van der Waals surface area contributed by atoms with Crippen LogP contribution in [0.25, 0.3) is 0 Å². The Balaban J connectivity index is 1.65. The maximum Gasteiger partial charge on any atom is 0.126 e. The fourth-order valence-corrected chi connectivity index (χ4v) is 3.42. The number of nitrogens with one attached hydrogen (secondary N) is 1. The first-order chi connectivity index (χ1) is 9.83. The number of allylic oxidation sites excluding steroid dienone is 2. The highest BCUT2D eigenvalue weighted by Gasteiger charge is 2.41. The topological polar surface area (TPSA) is 37.0 Å². The van der Waals surface area contributed by atoms with E-state index in [4.69, 9.17) is 9.47 Å². The van der Waals surface area contributed by atoms with Crippen LogP contribution in [0, 0.1) is 0 Å². The van der Waals surface area contributed by atoms with Crippen LogP contribution in [0.15, 0.2) is 35.6 Å². The summed E-state index contributed by atoms with van der Waals surface area (Å²) in [6, 6.07) is 0.292. The third-order valence-corrected chi connectivity index (χ3v) is 4.42. The van der Waals surface area contributed by atoms with Crippen molar-refractivity contribution in [1.82, 2.24) is 15.3 Å². The van der Waals surface area contributed by atoms with Crippen molar-refractivity contribution < 1.29 is 9.47 Å². The Labute approximate surface area is 119 Å². The highest BCUT2D eigenvalue weighted by atomic mass is 16.5. The molecule has 108 valence electrons. The minimum Gasteiger partial charge on any atom is -0.372 e. The van der Waals surface area contributed by atoms with Crippen molar-refractivity contribution in [1.29, 1.82) is 0 Å². The molecule has 0 spiro atoms. The fourth-order valence-electron chi connectivity index (χ4n) is 3.42. The molecule has 0 bridgehead atoms. The first-order valence-corrected chi connectivity index (χ1v) is 7.37. The molecular formula is C15H21N3O2. The zero-order chi connectivity index (χ0) is 13.5. The predicted octanol–water partition coefficient (Wildman–Crippen LogP) is 0.285. The SMILES string of the molecule is CN1CCOC(C2OCCN3NC4C=CC=CC4=C23)C1. The fraction of sp³-hybridized carbons (Fsp3) is 0.600. The maximum atomic E-state index is 6.08. The quantitative estimate of drug-likeness (QED) is 0.744. The molecule has 0 saturated carbocycles. The molecule has 2 fully saturated rings. The number of nitrogens with zero attached hydrogens (tertiary/aromatic N) is 2. The predicted molar refractivity (Wildman–Crippen MR) is 75.9 cm³/mol. The van der Waals surface area contributed by atoms with Gasteiger partial charge in [0, 0.05) is 13.1 Å². The number of likely N-dealkylation sites (N-methyl/N-ethyl adjacent to an activating group) is 1. The Bertz CT molecular complexity index is 486. The molecule has 0 amide bonds. The number of ether oxygens (including phenoxy) is 2. The van der Waals surface area contributed by atoms with E-state index in [-0.39, 0.29) is 12.2 Å². The third-order valence-electron chi connectivity index (χ3n) is 4.42. The van der Waals surface area contributed by atoms with E-state index in [1.54, 1.807) is 0 Å². The van der Waals surface area contributed by atoms with E-state index in [0.29, 0.717) is 6.04 Å². The van der Waals surface area contributed by atoms with Crippen molar-refractivity contribution in [2.75, 3.05) is 39.9 Å². The van der Waals surface area contributed by atoms with Gasteiger partial charge in [-0.05, 0) is 12.6 Å². The molecular weight excluding hydrogens is 254 g/mol. The van der Waals surface area contributed by atoms with Gasteiger partial charge in [-0.2, -0.15) is 0 Å². The summed E-state index contributed by atoms with van der Waals surface area (Å²) < 4.78 is 12.1. The van der Waals surface area contributed by atoms with Gasteiger partial charge >= 0.3 is 0 Å². The summed E-state index contributed by atoms with van der Waals surface area (Å²) >= 11 is 0. The molecule has 5 nitrogen and oxygen atoms in total. The van der Waals surface area contributed by atoms with Crippen molar-refractivity contribution in [2.24, 2.45) is 0 Å². The van der Waals surface area contributed by atoms with Crippen LogP contribution in [0.2, 0.25) is 0 Å². The molecule has 2 saturated heterocycles. The van der Waals surface area contributed by atoms with Gasteiger partial charge in [-0.25, -0.2) is 5.43 Å². The van der Waals surface area contributed by atoms with Gasteiger partial charge < -0.3 is 19.4 Å². The van der Waals surface area contributed by atoms with Gasteiger partial charge in [-0.1, -0.05) is 24.3 Å². The summed E-state index contributed by atoms with van der Waals surface area (Å²) in [6.07, 6.45) is 8.76. The molecule has 4 rings (SSSR count). The van der Waals surface area contributed by atoms with Gasteiger partial charge in [0.2, 0.25) is 0 Å². The summed E-state index contributed by atoms with van der Waals surface area (Å²) in [5.74, 6) is 0. The Kier molecular flexibility index (Phi) is 3.15. The number of hydrazine groups is 1. The molecule has 3 heterocycles. The first-order valence-electron chi connectivity index (χ1n) is 7.37. The third kappa shape index (κ3) is 2.02. The molecule has 20 heavy (non-hydrogen) atoms. The first kappa shape index (κ1) is 12.6. The van der Waals surface area contributed by atoms with E-state index in [2.05, 4.69) is 46.7 Å². The molecule has 1 N–H and O–H groups in total. The van der Waals surface area contributed by atoms with Crippen molar-refractivity contribution in [3.05, 3.63) is 35.6 Å². The largest absolute Gasteiger partial charge is 0.372 e. The van der Waals surface area contributed by atoms with Crippen molar-refractivity contribution in [3.63, 3.8) is 0 Å². The molecule has 0 aromatic heterocycles. The summed E-state index contributed by atoms with van der Waals surface area (Å²) in [4.78, 5) is 2.32. The van der Waals surface area contributed by atoms with Crippen LogP contribution >= 0.6 is 0 Å². The van der Waals surface area contributed by atoms with E-state index >= 15 is 0 Å². The molecule has 3 atom stereocenters. The lowest BCUT2D eigenvalue weighted by Gasteiger charge is -2.41. The van der Waals surface area contributed by atoms with Gasteiger partial charge in [0.25, 0.3) is 0 Å². The van der Waals surface area contributed by atoms with Crippen LogP contribution in [0.4, 0.5) is 0 Å². The Morgan fingerprint density at radius 3 is 3.00 bits per heavy atom. The second-order valence-corrected chi connectivity index (χ2v) is 5.81. The minimum atomic E-state index is 0.0372. The molecule has 1 aliphatic carbocycles. The highest BCUT2D eigenvalue weighted by Crippen LogP contribution is 2.33. The van der Waals surface area contributed by atoms with Crippen molar-refractivity contribution in [3.8, 4) is 0 Å². The van der Waals surface area contributed by atoms with E-state index in [1.807, 2.05) is 0 Å². The number of morpholine rings is 2. The van der Waals surface area contributed by atoms with Crippen LogP contribution < -0.4 is 5.43 Å². The van der Waals surface area contributed by atoms with Gasteiger partial charge in [0.05, 0.1) is 31.5 Å². The van der Waals surface area contributed by atoms with E-state index in [1.165, 1.54) is 11.3 Å². The lowest BCUT2D eigenvalue weighted by Crippen LogP contribution is -2.53. The van der Waals surface area contributed by atoms with Crippen LogP contribution in [0.5, 0.6) is 0 Å². The minimum absolute atomic E-state index is 0.0372. The molecule has 4 aliphatic rings.